The number of rotatable bonds is 4. The topological polar surface area (TPSA) is 81.2 Å². The summed E-state index contributed by atoms with van der Waals surface area (Å²) in [6.45, 7) is 3.66. The van der Waals surface area contributed by atoms with Gasteiger partial charge in [-0.2, -0.15) is 0 Å². The highest BCUT2D eigenvalue weighted by Gasteiger charge is 2.34. The summed E-state index contributed by atoms with van der Waals surface area (Å²) in [5.41, 5.74) is 1.55. The number of amides is 1. The Bertz CT molecular complexity index is 435. The lowest BCUT2D eigenvalue weighted by molar-refractivity contribution is -0.144. The van der Waals surface area contributed by atoms with Crippen LogP contribution in [0.15, 0.2) is 5.51 Å². The first-order valence-corrected chi connectivity index (χ1v) is 6.71. The average molecular weight is 269 g/mol. The van der Waals surface area contributed by atoms with Gasteiger partial charge in [-0.25, -0.2) is 0 Å². The van der Waals surface area contributed by atoms with Gasteiger partial charge in [0.15, 0.2) is 0 Å². The van der Waals surface area contributed by atoms with E-state index < -0.39 is 0 Å². The van der Waals surface area contributed by atoms with Crippen molar-refractivity contribution in [2.24, 2.45) is 11.8 Å². The van der Waals surface area contributed by atoms with Crippen molar-refractivity contribution in [2.45, 2.75) is 32.8 Å². The minimum atomic E-state index is -0.253. The molecule has 0 aliphatic carbocycles. The molecule has 1 aliphatic heterocycles. The van der Waals surface area contributed by atoms with E-state index in [0.717, 1.165) is 0 Å². The highest BCUT2D eigenvalue weighted by Crippen LogP contribution is 2.27. The number of nitrogens with one attached hydrogen (secondary N) is 1. The van der Waals surface area contributed by atoms with Crippen molar-refractivity contribution in [2.75, 3.05) is 5.32 Å². The molecule has 1 aromatic rings. The number of nitrogens with zero attached hydrogens (tertiary/aromatic N) is 2. The summed E-state index contributed by atoms with van der Waals surface area (Å²) >= 11 is 1.27. The zero-order valence-electron chi connectivity index (χ0n) is 10.3. The van der Waals surface area contributed by atoms with Gasteiger partial charge in [0.2, 0.25) is 11.0 Å². The lowest BCUT2D eigenvalue weighted by atomic mass is 9.93. The van der Waals surface area contributed by atoms with E-state index >= 15 is 0 Å². The van der Waals surface area contributed by atoms with E-state index in [0.29, 0.717) is 18.0 Å². The second-order valence-corrected chi connectivity index (χ2v) is 5.38. The molecule has 1 amide bonds. The fourth-order valence-corrected chi connectivity index (χ4v) is 2.47. The zero-order valence-corrected chi connectivity index (χ0v) is 11.1. The second-order valence-electron chi connectivity index (χ2n) is 4.55. The monoisotopic (exact) mass is 269 g/mol. The first-order valence-electron chi connectivity index (χ1n) is 5.83. The van der Waals surface area contributed by atoms with Crippen LogP contribution in [0.3, 0.4) is 0 Å². The molecule has 0 radical (unpaired) electrons. The van der Waals surface area contributed by atoms with Crippen molar-refractivity contribution < 1.29 is 14.3 Å². The summed E-state index contributed by atoms with van der Waals surface area (Å²) in [5.74, 6) is -0.760. The van der Waals surface area contributed by atoms with E-state index in [-0.39, 0.29) is 29.8 Å². The van der Waals surface area contributed by atoms with Crippen LogP contribution in [0.4, 0.5) is 5.13 Å². The summed E-state index contributed by atoms with van der Waals surface area (Å²) in [4.78, 5) is 23.3. The molecule has 1 saturated heterocycles. The molecular weight excluding hydrogens is 254 g/mol. The first-order chi connectivity index (χ1) is 8.56. The largest absolute Gasteiger partial charge is 0.462 e. The van der Waals surface area contributed by atoms with Crippen molar-refractivity contribution in [3.05, 3.63) is 5.51 Å². The Morgan fingerprint density at radius 1 is 1.72 bits per heavy atom. The molecule has 1 fully saturated rings. The Labute approximate surface area is 109 Å². The predicted octanol–water partition coefficient (Wildman–Crippen LogP) is 1.45. The molecule has 1 aromatic heterocycles. The molecule has 98 valence electrons. The third-order valence-electron chi connectivity index (χ3n) is 2.94. The average Bonchev–Trinajstić information content (AvgIpc) is 2.89. The smallest absolute Gasteiger partial charge is 0.309 e. The van der Waals surface area contributed by atoms with E-state index in [1.165, 1.54) is 11.3 Å². The van der Waals surface area contributed by atoms with Crippen LogP contribution in [0, 0.1) is 11.8 Å². The van der Waals surface area contributed by atoms with E-state index in [4.69, 9.17) is 4.74 Å². The quantitative estimate of drug-likeness (QED) is 0.837. The Kier molecular flexibility index (Phi) is 3.90. The molecule has 0 spiro atoms. The van der Waals surface area contributed by atoms with Gasteiger partial charge in [-0.05, 0) is 19.8 Å². The number of anilines is 1. The van der Waals surface area contributed by atoms with Gasteiger partial charge in [0.25, 0.3) is 0 Å². The van der Waals surface area contributed by atoms with Gasteiger partial charge in [0, 0.05) is 5.92 Å². The van der Waals surface area contributed by atoms with Gasteiger partial charge < -0.3 is 10.1 Å². The molecule has 0 aromatic carbocycles. The summed E-state index contributed by atoms with van der Waals surface area (Å²) in [5, 5.41) is 10.5. The van der Waals surface area contributed by atoms with E-state index in [2.05, 4.69) is 15.5 Å². The molecule has 2 rings (SSSR count). The van der Waals surface area contributed by atoms with E-state index in [9.17, 15) is 9.59 Å². The minimum Gasteiger partial charge on any atom is -0.462 e. The molecule has 7 heteroatoms. The number of aromatic nitrogens is 2. The molecular formula is C11H15N3O3S. The van der Waals surface area contributed by atoms with Gasteiger partial charge >= 0.3 is 5.97 Å². The van der Waals surface area contributed by atoms with Gasteiger partial charge in [-0.15, -0.1) is 10.2 Å². The van der Waals surface area contributed by atoms with Gasteiger partial charge in [0.05, 0.1) is 12.0 Å². The number of ether oxygens (including phenoxy) is 1. The summed E-state index contributed by atoms with van der Waals surface area (Å²) in [7, 11) is 0. The maximum absolute atomic E-state index is 11.9. The summed E-state index contributed by atoms with van der Waals surface area (Å²) < 4.78 is 5.07. The van der Waals surface area contributed by atoms with Crippen LogP contribution in [0.25, 0.3) is 0 Å². The number of carbonyl (C=O) groups is 2. The van der Waals surface area contributed by atoms with Crippen molar-refractivity contribution >= 4 is 28.3 Å². The molecule has 6 nitrogen and oxygen atoms in total. The number of hydrogen-bond donors (Lipinski definition) is 1. The Morgan fingerprint density at radius 3 is 3.06 bits per heavy atom. The van der Waals surface area contributed by atoms with Crippen LogP contribution in [0.2, 0.25) is 0 Å². The van der Waals surface area contributed by atoms with Crippen molar-refractivity contribution in [1.29, 1.82) is 0 Å². The predicted molar refractivity (Wildman–Crippen MR) is 66.0 cm³/mol. The van der Waals surface area contributed by atoms with Crippen molar-refractivity contribution in [3.8, 4) is 0 Å². The van der Waals surface area contributed by atoms with E-state index in [1.54, 1.807) is 12.4 Å². The molecule has 1 N–H and O–H groups in total. The molecule has 0 saturated carbocycles. The second kappa shape index (κ2) is 5.43. The number of esters is 1. The van der Waals surface area contributed by atoms with Crippen LogP contribution >= 0.6 is 11.3 Å². The van der Waals surface area contributed by atoms with Crippen LogP contribution in [-0.2, 0) is 14.3 Å². The van der Waals surface area contributed by atoms with Gasteiger partial charge in [-0.1, -0.05) is 18.3 Å². The maximum atomic E-state index is 11.9. The van der Waals surface area contributed by atoms with Gasteiger partial charge in [0.1, 0.15) is 5.51 Å². The third kappa shape index (κ3) is 3.04. The van der Waals surface area contributed by atoms with E-state index in [1.807, 2.05) is 6.92 Å². The van der Waals surface area contributed by atoms with Crippen LogP contribution in [0.5, 0.6) is 0 Å². The fraction of sp³-hybridized carbons (Fsp3) is 0.636. The van der Waals surface area contributed by atoms with Crippen molar-refractivity contribution in [3.63, 3.8) is 0 Å². The Morgan fingerprint density at radius 2 is 2.50 bits per heavy atom. The molecule has 18 heavy (non-hydrogen) atoms. The Hall–Kier alpha value is -1.50. The Balaban J connectivity index is 1.86. The summed E-state index contributed by atoms with van der Waals surface area (Å²) in [6.07, 6.45) is 1.16. The fourth-order valence-electron chi connectivity index (χ4n) is 2.02. The lowest BCUT2D eigenvalue weighted by Gasteiger charge is -2.12. The van der Waals surface area contributed by atoms with Crippen LogP contribution < -0.4 is 5.32 Å². The van der Waals surface area contributed by atoms with Crippen LogP contribution in [0.1, 0.15) is 26.7 Å². The highest BCUT2D eigenvalue weighted by molar-refractivity contribution is 7.13. The number of cyclic esters (lactones) is 1. The highest BCUT2D eigenvalue weighted by atomic mass is 32.1. The van der Waals surface area contributed by atoms with Gasteiger partial charge in [-0.3, -0.25) is 9.59 Å². The minimum absolute atomic E-state index is 0.0408. The number of carbonyl (C=O) groups excluding carboxylic acids is 2. The first kappa shape index (κ1) is 12.9. The normalized spacial score (nSPS) is 24.7. The SMILES string of the molecule is C[C@H](C[C@@H]1C[C@H](C)OC1=O)C(=O)Nc1nncs1. The zero-order chi connectivity index (χ0) is 13.1. The molecule has 1 aliphatic rings. The van der Waals surface area contributed by atoms with Crippen LogP contribution in [-0.4, -0.2) is 28.2 Å². The maximum Gasteiger partial charge on any atom is 0.309 e. The molecule has 0 bridgehead atoms. The lowest BCUT2D eigenvalue weighted by Crippen LogP contribution is -2.24. The third-order valence-corrected chi connectivity index (χ3v) is 3.55. The molecule has 2 heterocycles. The van der Waals surface area contributed by atoms with Crippen molar-refractivity contribution in [1.82, 2.24) is 10.2 Å². The number of hydrogen-bond acceptors (Lipinski definition) is 6. The summed E-state index contributed by atoms with van der Waals surface area (Å²) in [6, 6.07) is 0. The standard InChI is InChI=1S/C11H15N3O3S/c1-6(3-8-4-7(2)17-10(8)16)9(15)13-11-14-12-5-18-11/h5-8H,3-4H2,1-2H3,(H,13,14,15)/t6-,7+,8-/m1/s1. The molecule has 3 atom stereocenters. The molecule has 0 unspecified atom stereocenters.